The molecule has 1 aromatic carbocycles. The van der Waals surface area contributed by atoms with E-state index in [1.807, 2.05) is 30.3 Å². The molecular formula is C15H14N8O2. The minimum absolute atomic E-state index is 0.162. The summed E-state index contributed by atoms with van der Waals surface area (Å²) in [7, 11) is 0. The second kappa shape index (κ2) is 6.66. The molecule has 4 aromatic rings. The molecule has 4 rings (SSSR count). The SMILES string of the molecule is NC(=O)c1[nH]ncc1N.O=c1[nH]c(-c2ccccc2)nc2cn[nH]c12. The monoisotopic (exact) mass is 338 g/mol. The number of anilines is 1. The number of aromatic amines is 3. The summed E-state index contributed by atoms with van der Waals surface area (Å²) in [5.74, 6) is -0.0375. The molecule has 25 heavy (non-hydrogen) atoms. The van der Waals surface area contributed by atoms with Crippen molar-refractivity contribution in [3.63, 3.8) is 0 Å². The highest BCUT2D eigenvalue weighted by Crippen LogP contribution is 2.14. The number of amides is 1. The fourth-order valence-electron chi connectivity index (χ4n) is 2.08. The highest BCUT2D eigenvalue weighted by Gasteiger charge is 2.06. The molecule has 0 aliphatic rings. The van der Waals surface area contributed by atoms with Crippen molar-refractivity contribution in [3.8, 4) is 11.4 Å². The van der Waals surface area contributed by atoms with Gasteiger partial charge in [0.25, 0.3) is 11.5 Å². The maximum atomic E-state index is 11.7. The number of carbonyl (C=O) groups excluding carboxylic acids is 1. The van der Waals surface area contributed by atoms with Gasteiger partial charge in [0.1, 0.15) is 22.6 Å². The second-order valence-electron chi connectivity index (χ2n) is 4.98. The number of rotatable bonds is 2. The lowest BCUT2D eigenvalue weighted by molar-refractivity contribution is 0.0996. The molecule has 10 heteroatoms. The van der Waals surface area contributed by atoms with Gasteiger partial charge in [0.2, 0.25) is 0 Å². The Kier molecular flexibility index (Phi) is 4.24. The van der Waals surface area contributed by atoms with E-state index >= 15 is 0 Å². The molecule has 3 heterocycles. The number of aromatic nitrogens is 6. The molecule has 0 atom stereocenters. The number of fused-ring (bicyclic) bond motifs is 1. The first-order valence-corrected chi connectivity index (χ1v) is 7.13. The predicted octanol–water partition coefficient (Wildman–Crippen LogP) is 0.404. The summed E-state index contributed by atoms with van der Waals surface area (Å²) in [6.45, 7) is 0. The Hall–Kier alpha value is -3.95. The largest absolute Gasteiger partial charge is 0.396 e. The Balaban J connectivity index is 0.000000173. The highest BCUT2D eigenvalue weighted by atomic mass is 16.1. The Morgan fingerprint density at radius 3 is 2.36 bits per heavy atom. The molecule has 126 valence electrons. The molecule has 10 nitrogen and oxygen atoms in total. The number of hydrogen-bond acceptors (Lipinski definition) is 6. The Labute approximate surface area is 140 Å². The van der Waals surface area contributed by atoms with Gasteiger partial charge in [-0.15, -0.1) is 0 Å². The maximum Gasteiger partial charge on any atom is 0.277 e. The van der Waals surface area contributed by atoms with Crippen LogP contribution in [0, 0.1) is 0 Å². The molecule has 0 bridgehead atoms. The second-order valence-corrected chi connectivity index (χ2v) is 4.98. The number of nitrogens with zero attached hydrogens (tertiary/aromatic N) is 3. The summed E-state index contributed by atoms with van der Waals surface area (Å²) < 4.78 is 0. The van der Waals surface area contributed by atoms with Crippen LogP contribution in [-0.2, 0) is 0 Å². The number of primary amides is 1. The van der Waals surface area contributed by atoms with Gasteiger partial charge in [-0.05, 0) is 0 Å². The van der Waals surface area contributed by atoms with Crippen molar-refractivity contribution in [2.75, 3.05) is 5.73 Å². The average Bonchev–Trinajstić information content (AvgIpc) is 3.25. The molecule has 3 aromatic heterocycles. The normalized spacial score (nSPS) is 10.2. The van der Waals surface area contributed by atoms with E-state index in [1.165, 1.54) is 12.4 Å². The lowest BCUT2D eigenvalue weighted by atomic mass is 10.2. The third-order valence-electron chi connectivity index (χ3n) is 3.27. The summed E-state index contributed by atoms with van der Waals surface area (Å²) in [5.41, 5.74) is 12.2. The molecule has 1 amide bonds. The molecule has 0 spiro atoms. The Bertz CT molecular complexity index is 1060. The van der Waals surface area contributed by atoms with Crippen molar-refractivity contribution in [3.05, 3.63) is 58.8 Å². The zero-order valence-electron chi connectivity index (χ0n) is 12.9. The van der Waals surface area contributed by atoms with Crippen molar-refractivity contribution in [1.82, 2.24) is 30.4 Å². The summed E-state index contributed by atoms with van der Waals surface area (Å²) in [6.07, 6.45) is 2.87. The summed E-state index contributed by atoms with van der Waals surface area (Å²) >= 11 is 0. The standard InChI is InChI=1S/C11H8N4O.C4H6N4O/c16-11-9-8(6-12-15-9)13-10(14-11)7-4-2-1-3-5-7;5-2-1-7-8-3(2)4(6)9/h1-6H,(H,12,15)(H,13,14,16);1H,5H2,(H2,6,9)(H,7,8). The van der Waals surface area contributed by atoms with Crippen molar-refractivity contribution in [1.29, 1.82) is 0 Å². The topological polar surface area (TPSA) is 172 Å². The molecule has 0 radical (unpaired) electrons. The van der Waals surface area contributed by atoms with Crippen LogP contribution in [-0.4, -0.2) is 36.3 Å². The molecule has 0 unspecified atom stereocenters. The first kappa shape index (κ1) is 15.9. The minimum Gasteiger partial charge on any atom is -0.396 e. The van der Waals surface area contributed by atoms with Gasteiger partial charge in [-0.1, -0.05) is 30.3 Å². The van der Waals surface area contributed by atoms with E-state index in [1.54, 1.807) is 0 Å². The van der Waals surface area contributed by atoms with E-state index in [-0.39, 0.29) is 16.9 Å². The number of carbonyl (C=O) groups is 1. The van der Waals surface area contributed by atoms with E-state index in [2.05, 4.69) is 30.4 Å². The number of benzene rings is 1. The van der Waals surface area contributed by atoms with Crippen LogP contribution < -0.4 is 17.0 Å². The van der Waals surface area contributed by atoms with E-state index in [0.717, 1.165) is 5.56 Å². The number of hydrogen-bond donors (Lipinski definition) is 5. The van der Waals surface area contributed by atoms with Crippen molar-refractivity contribution in [2.24, 2.45) is 5.73 Å². The van der Waals surface area contributed by atoms with Crippen LogP contribution >= 0.6 is 0 Å². The van der Waals surface area contributed by atoms with Crippen molar-refractivity contribution < 1.29 is 4.79 Å². The van der Waals surface area contributed by atoms with Crippen LogP contribution in [0.1, 0.15) is 10.5 Å². The van der Waals surface area contributed by atoms with E-state index in [0.29, 0.717) is 16.9 Å². The molecule has 0 saturated heterocycles. The van der Waals surface area contributed by atoms with E-state index in [9.17, 15) is 9.59 Å². The summed E-state index contributed by atoms with van der Waals surface area (Å²) in [4.78, 5) is 29.1. The van der Waals surface area contributed by atoms with E-state index in [4.69, 9.17) is 11.5 Å². The smallest absolute Gasteiger partial charge is 0.277 e. The molecule has 0 fully saturated rings. The fraction of sp³-hybridized carbons (Fsp3) is 0. The molecule has 0 aliphatic carbocycles. The van der Waals surface area contributed by atoms with Gasteiger partial charge in [-0.3, -0.25) is 19.8 Å². The lowest BCUT2D eigenvalue weighted by Gasteiger charge is -1.99. The van der Waals surface area contributed by atoms with Gasteiger partial charge < -0.3 is 16.5 Å². The fourth-order valence-corrected chi connectivity index (χ4v) is 2.08. The van der Waals surface area contributed by atoms with Gasteiger partial charge in [0.05, 0.1) is 18.1 Å². The van der Waals surface area contributed by atoms with Gasteiger partial charge in [0.15, 0.2) is 0 Å². The van der Waals surface area contributed by atoms with Crippen LogP contribution in [0.15, 0.2) is 47.5 Å². The third-order valence-corrected chi connectivity index (χ3v) is 3.27. The average molecular weight is 338 g/mol. The van der Waals surface area contributed by atoms with Crippen LogP contribution in [0.2, 0.25) is 0 Å². The summed E-state index contributed by atoms with van der Waals surface area (Å²) in [6, 6.07) is 9.50. The first-order chi connectivity index (χ1) is 12.1. The zero-order chi connectivity index (χ0) is 17.8. The molecular weight excluding hydrogens is 324 g/mol. The summed E-state index contributed by atoms with van der Waals surface area (Å²) in [5, 5.41) is 12.2. The first-order valence-electron chi connectivity index (χ1n) is 7.13. The number of nitrogens with one attached hydrogen (secondary N) is 3. The zero-order valence-corrected chi connectivity index (χ0v) is 12.9. The Morgan fingerprint density at radius 1 is 1.04 bits per heavy atom. The maximum absolute atomic E-state index is 11.7. The van der Waals surface area contributed by atoms with Gasteiger partial charge in [-0.25, -0.2) is 4.98 Å². The molecule has 0 aliphatic heterocycles. The highest BCUT2D eigenvalue weighted by molar-refractivity contribution is 5.95. The van der Waals surface area contributed by atoms with Crippen molar-refractivity contribution in [2.45, 2.75) is 0 Å². The Morgan fingerprint density at radius 2 is 1.76 bits per heavy atom. The van der Waals surface area contributed by atoms with Gasteiger partial charge in [-0.2, -0.15) is 10.2 Å². The number of nitrogens with two attached hydrogens (primary N) is 2. The predicted molar refractivity (Wildman–Crippen MR) is 91.5 cm³/mol. The minimum atomic E-state index is -0.593. The quantitative estimate of drug-likeness (QED) is 0.354. The molecule has 0 saturated carbocycles. The third kappa shape index (κ3) is 3.37. The van der Waals surface area contributed by atoms with E-state index < -0.39 is 5.91 Å². The van der Waals surface area contributed by atoms with Crippen LogP contribution in [0.25, 0.3) is 22.4 Å². The molecule has 7 N–H and O–H groups in total. The van der Waals surface area contributed by atoms with Crippen LogP contribution in [0.4, 0.5) is 5.69 Å². The van der Waals surface area contributed by atoms with Crippen LogP contribution in [0.3, 0.4) is 0 Å². The van der Waals surface area contributed by atoms with Gasteiger partial charge in [0, 0.05) is 5.56 Å². The number of H-pyrrole nitrogens is 3. The van der Waals surface area contributed by atoms with Crippen LogP contribution in [0.5, 0.6) is 0 Å². The van der Waals surface area contributed by atoms with Gasteiger partial charge >= 0.3 is 0 Å². The lowest BCUT2D eigenvalue weighted by Crippen LogP contribution is -2.13. The number of nitrogen functional groups attached to an aromatic ring is 1. The van der Waals surface area contributed by atoms with Crippen molar-refractivity contribution >= 4 is 22.6 Å².